The van der Waals surface area contributed by atoms with E-state index in [2.05, 4.69) is 16.0 Å². The Morgan fingerprint density at radius 1 is 1.00 bits per heavy atom. The highest BCUT2D eigenvalue weighted by Gasteiger charge is 2.17. The molecule has 0 heterocycles. The number of methoxy groups -OCH3 is 1. The topological polar surface area (TPSA) is 106 Å². The third kappa shape index (κ3) is 9.63. The van der Waals surface area contributed by atoms with Crippen molar-refractivity contribution in [3.8, 4) is 5.75 Å². The number of nitrogens with one attached hydrogen (secondary N) is 3. The molecule has 0 atom stereocenters. The Labute approximate surface area is 153 Å². The van der Waals surface area contributed by atoms with Crippen LogP contribution >= 0.6 is 0 Å². The highest BCUT2D eigenvalue weighted by atomic mass is 16.6. The lowest BCUT2D eigenvalue weighted by Crippen LogP contribution is -2.43. The molecule has 0 aliphatic rings. The molecule has 0 saturated heterocycles. The van der Waals surface area contributed by atoms with Crippen molar-refractivity contribution in [2.24, 2.45) is 0 Å². The Kier molecular flexibility index (Phi) is 8.57. The summed E-state index contributed by atoms with van der Waals surface area (Å²) in [5.41, 5.74) is 0.400. The molecule has 0 spiro atoms. The summed E-state index contributed by atoms with van der Waals surface area (Å²) in [6, 6.07) is 7.60. The molecule has 0 radical (unpaired) electrons. The van der Waals surface area contributed by atoms with Crippen LogP contribution in [0.1, 0.15) is 26.3 Å². The maximum absolute atomic E-state index is 11.7. The van der Waals surface area contributed by atoms with Crippen LogP contribution in [0.4, 0.5) is 4.79 Å². The fraction of sp³-hybridized carbons (Fsp3) is 0.500. The summed E-state index contributed by atoms with van der Waals surface area (Å²) in [6.07, 6.45) is -0.122. The SMILES string of the molecule is COc1ccc(CCNC(=O)CNCC(=O)NC(=O)OC(C)(C)C)cc1. The lowest BCUT2D eigenvalue weighted by Gasteiger charge is -2.19. The lowest BCUT2D eigenvalue weighted by atomic mass is 10.1. The number of amides is 3. The van der Waals surface area contributed by atoms with Gasteiger partial charge >= 0.3 is 6.09 Å². The van der Waals surface area contributed by atoms with Crippen LogP contribution in [0.2, 0.25) is 0 Å². The van der Waals surface area contributed by atoms with Gasteiger partial charge < -0.3 is 14.8 Å². The molecule has 1 aromatic carbocycles. The number of rotatable bonds is 8. The third-order valence-electron chi connectivity index (χ3n) is 3.11. The smallest absolute Gasteiger partial charge is 0.414 e. The number of carbonyl (C=O) groups is 3. The minimum atomic E-state index is -0.812. The molecule has 1 aromatic rings. The van der Waals surface area contributed by atoms with E-state index in [4.69, 9.17) is 9.47 Å². The summed E-state index contributed by atoms with van der Waals surface area (Å²) in [5, 5.41) is 7.50. The molecule has 1 rings (SSSR count). The van der Waals surface area contributed by atoms with E-state index in [0.717, 1.165) is 11.3 Å². The van der Waals surface area contributed by atoms with Crippen LogP contribution in [-0.2, 0) is 20.7 Å². The molecule has 3 amide bonds. The van der Waals surface area contributed by atoms with Crippen LogP contribution in [0.3, 0.4) is 0 Å². The average molecular weight is 365 g/mol. The molecular formula is C18H27N3O5. The first-order chi connectivity index (χ1) is 12.2. The molecule has 0 fully saturated rings. The zero-order valence-electron chi connectivity index (χ0n) is 15.7. The van der Waals surface area contributed by atoms with Crippen molar-refractivity contribution in [2.45, 2.75) is 32.8 Å². The second-order valence-corrected chi connectivity index (χ2v) is 6.60. The predicted octanol–water partition coefficient (Wildman–Crippen LogP) is 0.995. The van der Waals surface area contributed by atoms with Crippen molar-refractivity contribution in [1.29, 1.82) is 0 Å². The normalized spacial score (nSPS) is 10.8. The maximum atomic E-state index is 11.7. The molecular weight excluding hydrogens is 338 g/mol. The molecule has 0 aromatic heterocycles. The summed E-state index contributed by atoms with van der Waals surface area (Å²) < 4.78 is 10.0. The van der Waals surface area contributed by atoms with Gasteiger partial charge in [-0.15, -0.1) is 0 Å². The van der Waals surface area contributed by atoms with Gasteiger partial charge in [0.1, 0.15) is 11.4 Å². The summed E-state index contributed by atoms with van der Waals surface area (Å²) in [7, 11) is 1.61. The number of alkyl carbamates (subject to hydrolysis) is 1. The predicted molar refractivity (Wildman–Crippen MR) is 97.0 cm³/mol. The van der Waals surface area contributed by atoms with Gasteiger partial charge in [0.25, 0.3) is 0 Å². The van der Waals surface area contributed by atoms with Crippen LogP contribution in [0.15, 0.2) is 24.3 Å². The van der Waals surface area contributed by atoms with E-state index in [1.807, 2.05) is 24.3 Å². The number of hydrogen-bond donors (Lipinski definition) is 3. The van der Waals surface area contributed by atoms with Gasteiger partial charge in [0.05, 0.1) is 20.2 Å². The third-order valence-corrected chi connectivity index (χ3v) is 3.11. The molecule has 0 bridgehead atoms. The fourth-order valence-electron chi connectivity index (χ4n) is 1.95. The number of benzene rings is 1. The van der Waals surface area contributed by atoms with E-state index in [1.165, 1.54) is 0 Å². The molecule has 0 saturated carbocycles. The zero-order chi connectivity index (χ0) is 19.6. The van der Waals surface area contributed by atoms with Crippen LogP contribution in [0.5, 0.6) is 5.75 Å². The Morgan fingerprint density at radius 3 is 2.19 bits per heavy atom. The molecule has 8 heteroatoms. The van der Waals surface area contributed by atoms with E-state index < -0.39 is 17.6 Å². The second kappa shape index (κ2) is 10.4. The standard InChI is InChI=1S/C18H27N3O5/c1-18(2,3)26-17(24)21-16(23)12-19-11-15(22)20-10-9-13-5-7-14(25-4)8-6-13/h5-8,19H,9-12H2,1-4H3,(H,20,22)(H,21,23,24). The van der Waals surface area contributed by atoms with E-state index in [9.17, 15) is 14.4 Å². The minimum Gasteiger partial charge on any atom is -0.497 e. The molecule has 26 heavy (non-hydrogen) atoms. The van der Waals surface area contributed by atoms with Crippen molar-refractivity contribution >= 4 is 17.9 Å². The van der Waals surface area contributed by atoms with Crippen molar-refractivity contribution in [3.63, 3.8) is 0 Å². The number of hydrogen-bond acceptors (Lipinski definition) is 6. The van der Waals surface area contributed by atoms with Crippen LogP contribution < -0.4 is 20.7 Å². The number of ether oxygens (including phenoxy) is 2. The first kappa shape index (κ1) is 21.4. The minimum absolute atomic E-state index is 0.0235. The quantitative estimate of drug-likeness (QED) is 0.635. The first-order valence-electron chi connectivity index (χ1n) is 8.33. The molecule has 0 unspecified atom stereocenters. The number of imide groups is 1. The van der Waals surface area contributed by atoms with Crippen molar-refractivity contribution < 1.29 is 23.9 Å². The van der Waals surface area contributed by atoms with Crippen LogP contribution in [0.25, 0.3) is 0 Å². The van der Waals surface area contributed by atoms with E-state index in [-0.39, 0.29) is 19.0 Å². The van der Waals surface area contributed by atoms with Crippen molar-refractivity contribution in [1.82, 2.24) is 16.0 Å². The van der Waals surface area contributed by atoms with Crippen molar-refractivity contribution in [2.75, 3.05) is 26.7 Å². The summed E-state index contributed by atoms with van der Waals surface area (Å²) in [4.78, 5) is 34.7. The average Bonchev–Trinajstić information content (AvgIpc) is 2.53. The van der Waals surface area contributed by atoms with Gasteiger partial charge in [-0.25, -0.2) is 4.79 Å². The van der Waals surface area contributed by atoms with Gasteiger partial charge in [-0.1, -0.05) is 12.1 Å². The van der Waals surface area contributed by atoms with E-state index in [0.29, 0.717) is 13.0 Å². The monoisotopic (exact) mass is 365 g/mol. The molecule has 3 N–H and O–H groups in total. The summed E-state index contributed by atoms with van der Waals surface area (Å²) in [6.45, 7) is 5.40. The lowest BCUT2D eigenvalue weighted by molar-refractivity contribution is -0.121. The Morgan fingerprint density at radius 2 is 1.62 bits per heavy atom. The first-order valence-corrected chi connectivity index (χ1v) is 8.33. The van der Waals surface area contributed by atoms with E-state index in [1.54, 1.807) is 27.9 Å². The van der Waals surface area contributed by atoms with Gasteiger partial charge in [0.15, 0.2) is 0 Å². The Balaban J connectivity index is 2.15. The second-order valence-electron chi connectivity index (χ2n) is 6.60. The van der Waals surface area contributed by atoms with Gasteiger partial charge in [0.2, 0.25) is 11.8 Å². The Hall–Kier alpha value is -2.61. The van der Waals surface area contributed by atoms with Crippen LogP contribution in [-0.4, -0.2) is 50.3 Å². The van der Waals surface area contributed by atoms with Gasteiger partial charge in [-0.05, 0) is 44.9 Å². The molecule has 144 valence electrons. The van der Waals surface area contributed by atoms with Crippen molar-refractivity contribution in [3.05, 3.63) is 29.8 Å². The molecule has 8 nitrogen and oxygen atoms in total. The van der Waals surface area contributed by atoms with Gasteiger partial charge in [-0.3, -0.25) is 20.2 Å². The highest BCUT2D eigenvalue weighted by Crippen LogP contribution is 2.11. The molecule has 0 aliphatic heterocycles. The maximum Gasteiger partial charge on any atom is 0.414 e. The zero-order valence-corrected chi connectivity index (χ0v) is 15.7. The van der Waals surface area contributed by atoms with Crippen LogP contribution in [0, 0.1) is 0 Å². The summed E-state index contributed by atoms with van der Waals surface area (Å²) in [5.74, 6) is -0.0134. The highest BCUT2D eigenvalue weighted by molar-refractivity contribution is 5.93. The largest absolute Gasteiger partial charge is 0.497 e. The fourth-order valence-corrected chi connectivity index (χ4v) is 1.95. The number of carbonyl (C=O) groups excluding carboxylic acids is 3. The molecule has 0 aliphatic carbocycles. The summed E-state index contributed by atoms with van der Waals surface area (Å²) >= 11 is 0. The van der Waals surface area contributed by atoms with E-state index >= 15 is 0 Å². The van der Waals surface area contributed by atoms with Gasteiger partial charge in [-0.2, -0.15) is 0 Å². The van der Waals surface area contributed by atoms with Gasteiger partial charge in [0, 0.05) is 6.54 Å². The Bertz CT molecular complexity index is 608.